The van der Waals surface area contributed by atoms with E-state index in [0.29, 0.717) is 23.9 Å². The van der Waals surface area contributed by atoms with Crippen molar-refractivity contribution >= 4 is 23.6 Å². The van der Waals surface area contributed by atoms with Gasteiger partial charge in [-0.2, -0.15) is 0 Å². The van der Waals surface area contributed by atoms with Crippen LogP contribution in [0.1, 0.15) is 24.6 Å². The van der Waals surface area contributed by atoms with Gasteiger partial charge < -0.3 is 4.74 Å². The number of ether oxygens (including phenoxy) is 1. The molecular weight excluding hydrogens is 310 g/mol. The second-order valence-electron chi connectivity index (χ2n) is 5.62. The van der Waals surface area contributed by atoms with E-state index >= 15 is 0 Å². The molecule has 1 aromatic carbocycles. The fraction of sp³-hybridized carbons (Fsp3) is 0.263. The molecule has 3 nitrogen and oxygen atoms in total. The van der Waals surface area contributed by atoms with Gasteiger partial charge in [0.05, 0.1) is 12.3 Å². The number of carbonyl (C=O) groups excluding carboxylic acids is 1. The van der Waals surface area contributed by atoms with E-state index in [1.807, 2.05) is 55.5 Å². The van der Waals surface area contributed by atoms with E-state index in [1.165, 1.54) is 0 Å². The molecule has 1 aliphatic carbocycles. The van der Waals surface area contributed by atoms with Crippen molar-refractivity contribution in [3.63, 3.8) is 0 Å². The summed E-state index contributed by atoms with van der Waals surface area (Å²) >= 11 is 6.00. The topological polar surface area (TPSA) is 39.2 Å². The highest BCUT2D eigenvalue weighted by Crippen LogP contribution is 2.55. The molecule has 0 amide bonds. The summed E-state index contributed by atoms with van der Waals surface area (Å²) in [6, 6.07) is 15.4. The molecule has 1 aromatic heterocycles. The number of halogens is 1. The van der Waals surface area contributed by atoms with Crippen molar-refractivity contribution in [1.82, 2.24) is 4.98 Å². The number of benzene rings is 1. The Labute approximate surface area is 141 Å². The monoisotopic (exact) mass is 327 g/mol. The number of carbonyl (C=O) groups is 1. The van der Waals surface area contributed by atoms with Crippen LogP contribution >= 0.6 is 11.6 Å². The normalized spacial score (nSPS) is 23.0. The smallest absolute Gasteiger partial charge is 0.318 e. The van der Waals surface area contributed by atoms with Gasteiger partial charge in [0, 0.05) is 5.92 Å². The van der Waals surface area contributed by atoms with Gasteiger partial charge in [-0.05, 0) is 31.0 Å². The summed E-state index contributed by atoms with van der Waals surface area (Å²) in [5, 5.41) is 0.392. The van der Waals surface area contributed by atoms with Crippen LogP contribution in [0.15, 0.2) is 54.6 Å². The van der Waals surface area contributed by atoms with E-state index in [4.69, 9.17) is 16.3 Å². The Kier molecular flexibility index (Phi) is 4.49. The molecule has 2 unspecified atom stereocenters. The quantitative estimate of drug-likeness (QED) is 0.608. The third kappa shape index (κ3) is 3.15. The van der Waals surface area contributed by atoms with Crippen LogP contribution in [-0.2, 0) is 14.9 Å². The zero-order valence-corrected chi connectivity index (χ0v) is 13.7. The molecule has 2 aromatic rings. The van der Waals surface area contributed by atoms with Crippen LogP contribution < -0.4 is 0 Å². The van der Waals surface area contributed by atoms with E-state index < -0.39 is 5.41 Å². The van der Waals surface area contributed by atoms with Crippen molar-refractivity contribution in [2.75, 3.05) is 6.61 Å². The first-order chi connectivity index (χ1) is 11.2. The van der Waals surface area contributed by atoms with Crippen molar-refractivity contribution in [2.45, 2.75) is 18.8 Å². The number of pyridine rings is 1. The van der Waals surface area contributed by atoms with E-state index in [9.17, 15) is 4.79 Å². The molecule has 23 heavy (non-hydrogen) atoms. The Morgan fingerprint density at radius 2 is 2.09 bits per heavy atom. The number of hydrogen-bond donors (Lipinski definition) is 0. The molecule has 0 N–H and O–H groups in total. The first-order valence-electron chi connectivity index (χ1n) is 7.70. The summed E-state index contributed by atoms with van der Waals surface area (Å²) in [6.07, 6.45) is 4.80. The number of aromatic nitrogens is 1. The van der Waals surface area contributed by atoms with Gasteiger partial charge in [-0.1, -0.05) is 60.2 Å². The van der Waals surface area contributed by atoms with E-state index in [1.54, 1.807) is 6.07 Å². The molecule has 1 heterocycles. The third-order valence-electron chi connectivity index (χ3n) is 4.15. The minimum absolute atomic E-state index is 0.0766. The maximum Gasteiger partial charge on any atom is 0.318 e. The molecule has 1 aliphatic rings. The molecule has 118 valence electrons. The largest absolute Gasteiger partial charge is 0.465 e. The van der Waals surface area contributed by atoms with E-state index in [-0.39, 0.29) is 11.9 Å². The summed E-state index contributed by atoms with van der Waals surface area (Å²) in [7, 11) is 0. The van der Waals surface area contributed by atoms with Gasteiger partial charge in [0.2, 0.25) is 0 Å². The minimum atomic E-state index is -0.702. The average Bonchev–Trinajstić information content (AvgIpc) is 3.30. The number of rotatable bonds is 5. The maximum atomic E-state index is 12.5. The molecule has 4 heteroatoms. The molecular formula is C19H18ClNO2. The summed E-state index contributed by atoms with van der Waals surface area (Å²) < 4.78 is 5.29. The third-order valence-corrected chi connectivity index (χ3v) is 4.36. The predicted molar refractivity (Wildman–Crippen MR) is 91.1 cm³/mol. The van der Waals surface area contributed by atoms with E-state index in [0.717, 1.165) is 5.56 Å². The molecule has 1 fully saturated rings. The average molecular weight is 328 g/mol. The lowest BCUT2D eigenvalue weighted by Gasteiger charge is -2.14. The lowest BCUT2D eigenvalue weighted by molar-refractivity contribution is -0.146. The van der Waals surface area contributed by atoms with Gasteiger partial charge in [0.15, 0.2) is 0 Å². The van der Waals surface area contributed by atoms with E-state index in [2.05, 4.69) is 11.1 Å². The van der Waals surface area contributed by atoms with Crippen molar-refractivity contribution in [1.29, 1.82) is 0 Å². The van der Waals surface area contributed by atoms with Crippen LogP contribution in [0, 0.1) is 5.92 Å². The minimum Gasteiger partial charge on any atom is -0.465 e. The van der Waals surface area contributed by atoms with Gasteiger partial charge in [0.25, 0.3) is 0 Å². The second kappa shape index (κ2) is 6.55. The van der Waals surface area contributed by atoms with Crippen molar-refractivity contribution in [3.05, 3.63) is 71.0 Å². The van der Waals surface area contributed by atoms with Crippen molar-refractivity contribution in [2.24, 2.45) is 5.92 Å². The Bertz CT molecular complexity index is 729. The Morgan fingerprint density at radius 3 is 2.78 bits per heavy atom. The Morgan fingerprint density at radius 1 is 1.30 bits per heavy atom. The molecule has 1 saturated carbocycles. The first kappa shape index (κ1) is 15.8. The molecule has 0 bridgehead atoms. The van der Waals surface area contributed by atoms with Crippen LogP contribution in [0.3, 0.4) is 0 Å². The van der Waals surface area contributed by atoms with Gasteiger partial charge in [-0.3, -0.25) is 4.79 Å². The van der Waals surface area contributed by atoms with Crippen LogP contribution in [0.25, 0.3) is 6.08 Å². The standard InChI is InChI=1S/C19H18ClNO2/c1-2-23-18(22)19(16-9-6-10-17(20)21-16)13-15(19)12-11-14-7-4-3-5-8-14/h3-12,15H,2,13H2,1H3/b12-11+. The lowest BCUT2D eigenvalue weighted by Crippen LogP contribution is -2.26. The van der Waals surface area contributed by atoms with Crippen molar-refractivity contribution in [3.8, 4) is 0 Å². The summed E-state index contributed by atoms with van der Waals surface area (Å²) in [5.41, 5.74) is 1.09. The molecule has 0 saturated heterocycles. The van der Waals surface area contributed by atoms with Gasteiger partial charge >= 0.3 is 5.97 Å². The number of nitrogens with zero attached hydrogens (tertiary/aromatic N) is 1. The second-order valence-corrected chi connectivity index (χ2v) is 6.01. The zero-order chi connectivity index (χ0) is 16.3. The van der Waals surface area contributed by atoms with Crippen LogP contribution in [0.5, 0.6) is 0 Å². The Balaban J connectivity index is 1.88. The zero-order valence-electron chi connectivity index (χ0n) is 12.9. The highest BCUT2D eigenvalue weighted by molar-refractivity contribution is 6.29. The molecule has 0 aliphatic heterocycles. The highest BCUT2D eigenvalue weighted by atomic mass is 35.5. The van der Waals surface area contributed by atoms with Crippen LogP contribution in [-0.4, -0.2) is 17.6 Å². The van der Waals surface area contributed by atoms with Gasteiger partial charge in [-0.25, -0.2) is 4.98 Å². The fourth-order valence-electron chi connectivity index (χ4n) is 2.86. The molecule has 2 atom stereocenters. The highest BCUT2D eigenvalue weighted by Gasteiger charge is 2.62. The Hall–Kier alpha value is -2.13. The van der Waals surface area contributed by atoms with Crippen LogP contribution in [0.4, 0.5) is 0 Å². The number of hydrogen-bond acceptors (Lipinski definition) is 3. The summed E-state index contributed by atoms with van der Waals surface area (Å²) in [4.78, 5) is 16.9. The molecule has 3 rings (SSSR count). The van der Waals surface area contributed by atoms with Crippen LogP contribution in [0.2, 0.25) is 5.15 Å². The van der Waals surface area contributed by atoms with Gasteiger partial charge in [0.1, 0.15) is 10.6 Å². The van der Waals surface area contributed by atoms with Gasteiger partial charge in [-0.15, -0.1) is 0 Å². The molecule has 0 radical (unpaired) electrons. The van der Waals surface area contributed by atoms with Crippen molar-refractivity contribution < 1.29 is 9.53 Å². The SMILES string of the molecule is CCOC(=O)C1(c2cccc(Cl)n2)CC1/C=C/c1ccccc1. The summed E-state index contributed by atoms with van der Waals surface area (Å²) in [5.74, 6) is -0.148. The predicted octanol–water partition coefficient (Wildman–Crippen LogP) is 4.27. The molecule has 0 spiro atoms. The maximum absolute atomic E-state index is 12.5. The summed E-state index contributed by atoms with van der Waals surface area (Å²) in [6.45, 7) is 2.17. The first-order valence-corrected chi connectivity index (χ1v) is 8.08. The number of allylic oxidation sites excluding steroid dienone is 1. The number of esters is 1. The fourth-order valence-corrected chi connectivity index (χ4v) is 3.03. The lowest BCUT2D eigenvalue weighted by atomic mass is 9.98.